The lowest BCUT2D eigenvalue weighted by Crippen LogP contribution is -2.46. The first-order chi connectivity index (χ1) is 14.9. The summed E-state index contributed by atoms with van der Waals surface area (Å²) < 4.78 is 5.09. The van der Waals surface area contributed by atoms with Crippen LogP contribution in [0.3, 0.4) is 0 Å². The zero-order valence-corrected chi connectivity index (χ0v) is 17.6. The van der Waals surface area contributed by atoms with Gasteiger partial charge in [-0.1, -0.05) is 19.1 Å². The highest BCUT2D eigenvalue weighted by molar-refractivity contribution is 6.10. The highest BCUT2D eigenvalue weighted by Gasteiger charge is 2.67. The van der Waals surface area contributed by atoms with Gasteiger partial charge in [-0.2, -0.15) is 0 Å². The average Bonchev–Trinajstić information content (AvgIpc) is 3.55. The Balaban J connectivity index is 1.26. The SMILES string of the molecule is CCCOC(=O)c1ccc(NC(=O)C(C)N2C(=O)C3C4C=CC(C5CC45)C3C2=O)cc1. The number of hydrogen-bond donors (Lipinski definition) is 1. The molecule has 1 saturated heterocycles. The molecule has 7 nitrogen and oxygen atoms in total. The Morgan fingerprint density at radius 3 is 2.19 bits per heavy atom. The predicted octanol–water partition coefficient (Wildman–Crippen LogP) is 2.63. The molecular weight excluding hydrogens is 396 g/mol. The summed E-state index contributed by atoms with van der Waals surface area (Å²) in [4.78, 5) is 52.2. The first kappa shape index (κ1) is 20.0. The van der Waals surface area contributed by atoms with Crippen molar-refractivity contribution < 1.29 is 23.9 Å². The minimum atomic E-state index is -0.893. The molecule has 2 bridgehead atoms. The molecule has 1 aliphatic heterocycles. The number of hydrogen-bond acceptors (Lipinski definition) is 5. The Bertz CT molecular complexity index is 948. The molecule has 7 heteroatoms. The van der Waals surface area contributed by atoms with Crippen LogP contribution in [-0.2, 0) is 19.1 Å². The van der Waals surface area contributed by atoms with Crippen molar-refractivity contribution in [3.05, 3.63) is 42.0 Å². The number of benzene rings is 1. The third-order valence-electron chi connectivity index (χ3n) is 7.29. The summed E-state index contributed by atoms with van der Waals surface area (Å²) in [5.74, 6) is -0.553. The quantitative estimate of drug-likeness (QED) is 0.432. The third kappa shape index (κ3) is 3.09. The minimum Gasteiger partial charge on any atom is -0.462 e. The maximum absolute atomic E-state index is 13.1. The van der Waals surface area contributed by atoms with Gasteiger partial charge in [-0.15, -0.1) is 0 Å². The summed E-state index contributed by atoms with van der Waals surface area (Å²) >= 11 is 0. The minimum absolute atomic E-state index is 0.136. The van der Waals surface area contributed by atoms with Crippen molar-refractivity contribution in [3.8, 4) is 0 Å². The Hall–Kier alpha value is -2.96. The summed E-state index contributed by atoms with van der Waals surface area (Å²) in [6, 6.07) is 5.48. The smallest absolute Gasteiger partial charge is 0.338 e. The number of esters is 1. The highest BCUT2D eigenvalue weighted by atomic mass is 16.5. The number of anilines is 1. The van der Waals surface area contributed by atoms with Crippen LogP contribution >= 0.6 is 0 Å². The van der Waals surface area contributed by atoms with Crippen LogP contribution in [0.4, 0.5) is 5.69 Å². The van der Waals surface area contributed by atoms with E-state index in [2.05, 4.69) is 17.5 Å². The number of carbonyl (C=O) groups excluding carboxylic acids is 4. The molecule has 4 aliphatic carbocycles. The average molecular weight is 422 g/mol. The molecule has 3 amide bonds. The number of imide groups is 1. The van der Waals surface area contributed by atoms with Gasteiger partial charge in [0, 0.05) is 5.69 Å². The van der Waals surface area contributed by atoms with Gasteiger partial charge in [0.25, 0.3) is 0 Å². The van der Waals surface area contributed by atoms with E-state index < -0.39 is 17.9 Å². The van der Waals surface area contributed by atoms with E-state index in [1.807, 2.05) is 6.92 Å². The molecule has 0 radical (unpaired) electrons. The number of likely N-dealkylation sites (tertiary alicyclic amines) is 1. The van der Waals surface area contributed by atoms with Crippen molar-refractivity contribution >= 4 is 29.4 Å². The Kier molecular flexibility index (Phi) is 4.72. The van der Waals surface area contributed by atoms with E-state index >= 15 is 0 Å². The Labute approximate surface area is 180 Å². The van der Waals surface area contributed by atoms with Gasteiger partial charge in [0.05, 0.1) is 24.0 Å². The van der Waals surface area contributed by atoms with Gasteiger partial charge in [-0.3, -0.25) is 19.3 Å². The molecule has 3 fully saturated rings. The summed E-state index contributed by atoms with van der Waals surface area (Å²) in [7, 11) is 0. The molecule has 7 atom stereocenters. The second kappa shape index (κ2) is 7.32. The van der Waals surface area contributed by atoms with Crippen LogP contribution < -0.4 is 5.32 Å². The van der Waals surface area contributed by atoms with Crippen molar-refractivity contribution in [1.29, 1.82) is 0 Å². The van der Waals surface area contributed by atoms with Crippen molar-refractivity contribution in [2.45, 2.75) is 32.7 Å². The van der Waals surface area contributed by atoms with Gasteiger partial charge in [0.15, 0.2) is 0 Å². The number of nitrogens with zero attached hydrogens (tertiary/aromatic N) is 1. The second-order valence-corrected chi connectivity index (χ2v) is 9.08. The fourth-order valence-corrected chi connectivity index (χ4v) is 5.69. The van der Waals surface area contributed by atoms with E-state index in [0.717, 1.165) is 12.8 Å². The molecule has 0 spiro atoms. The molecule has 6 rings (SSSR count). The standard InChI is InChI=1S/C24H26N2O5/c1-3-10-31-24(30)13-4-6-14(7-5-13)25-21(27)12(2)26-22(28)19-15-8-9-16(18-11-17(15)18)20(19)23(26)29/h4-9,12,15-20H,3,10-11H2,1-2H3,(H,25,27). The van der Waals surface area contributed by atoms with E-state index in [4.69, 9.17) is 4.74 Å². The van der Waals surface area contributed by atoms with Gasteiger partial charge in [-0.05, 0) is 67.7 Å². The van der Waals surface area contributed by atoms with Crippen LogP contribution in [0.1, 0.15) is 37.0 Å². The lowest BCUT2D eigenvalue weighted by atomic mass is 9.63. The summed E-state index contributed by atoms with van der Waals surface area (Å²) in [6.45, 7) is 3.87. The summed E-state index contributed by atoms with van der Waals surface area (Å²) in [5, 5.41) is 2.75. The van der Waals surface area contributed by atoms with Crippen molar-refractivity contribution in [3.63, 3.8) is 0 Å². The van der Waals surface area contributed by atoms with E-state index in [9.17, 15) is 19.2 Å². The van der Waals surface area contributed by atoms with E-state index in [1.165, 1.54) is 4.90 Å². The Morgan fingerprint density at radius 2 is 1.65 bits per heavy atom. The predicted molar refractivity (Wildman–Crippen MR) is 112 cm³/mol. The number of nitrogens with one attached hydrogen (secondary N) is 1. The molecule has 1 heterocycles. The zero-order chi connectivity index (χ0) is 21.9. The fraction of sp³-hybridized carbons (Fsp3) is 0.500. The topological polar surface area (TPSA) is 92.8 Å². The van der Waals surface area contributed by atoms with Crippen LogP contribution in [0, 0.1) is 35.5 Å². The van der Waals surface area contributed by atoms with Gasteiger partial charge in [0.1, 0.15) is 6.04 Å². The second-order valence-electron chi connectivity index (χ2n) is 9.08. The van der Waals surface area contributed by atoms with E-state index in [1.54, 1.807) is 31.2 Å². The fourth-order valence-electron chi connectivity index (χ4n) is 5.69. The molecule has 31 heavy (non-hydrogen) atoms. The van der Waals surface area contributed by atoms with Crippen LogP contribution in [-0.4, -0.2) is 41.2 Å². The lowest BCUT2D eigenvalue weighted by Gasteiger charge is -2.37. The van der Waals surface area contributed by atoms with Crippen LogP contribution in [0.15, 0.2) is 36.4 Å². The number of rotatable bonds is 6. The molecule has 5 aliphatic rings. The summed E-state index contributed by atoms with van der Waals surface area (Å²) in [6.07, 6.45) is 6.08. The molecule has 1 N–H and O–H groups in total. The molecule has 2 saturated carbocycles. The maximum atomic E-state index is 13.1. The molecule has 162 valence electrons. The summed E-state index contributed by atoms with van der Waals surface area (Å²) in [5.41, 5.74) is 0.887. The Morgan fingerprint density at radius 1 is 1.06 bits per heavy atom. The van der Waals surface area contributed by atoms with Crippen LogP contribution in [0.25, 0.3) is 0 Å². The van der Waals surface area contributed by atoms with Crippen molar-refractivity contribution in [2.75, 3.05) is 11.9 Å². The number of allylic oxidation sites excluding steroid dienone is 2. The number of amides is 3. The lowest BCUT2D eigenvalue weighted by molar-refractivity contribution is -0.146. The molecule has 0 aromatic heterocycles. The normalized spacial score (nSPS) is 33.0. The molecule has 1 aromatic rings. The maximum Gasteiger partial charge on any atom is 0.338 e. The largest absolute Gasteiger partial charge is 0.462 e. The first-order valence-electron chi connectivity index (χ1n) is 11.1. The van der Waals surface area contributed by atoms with Gasteiger partial charge in [0.2, 0.25) is 17.7 Å². The van der Waals surface area contributed by atoms with Gasteiger partial charge < -0.3 is 10.1 Å². The zero-order valence-electron chi connectivity index (χ0n) is 17.6. The number of carbonyl (C=O) groups is 4. The first-order valence-corrected chi connectivity index (χ1v) is 11.1. The molecule has 7 unspecified atom stereocenters. The van der Waals surface area contributed by atoms with Crippen LogP contribution in [0.2, 0.25) is 0 Å². The molecular formula is C24H26N2O5. The van der Waals surface area contributed by atoms with Gasteiger partial charge in [-0.25, -0.2) is 4.79 Å². The number of ether oxygens (including phenoxy) is 1. The monoisotopic (exact) mass is 422 g/mol. The third-order valence-corrected chi connectivity index (χ3v) is 7.29. The van der Waals surface area contributed by atoms with E-state index in [0.29, 0.717) is 29.7 Å². The van der Waals surface area contributed by atoms with Crippen molar-refractivity contribution in [1.82, 2.24) is 4.90 Å². The molecule has 1 aromatic carbocycles. The van der Waals surface area contributed by atoms with Crippen LogP contribution in [0.5, 0.6) is 0 Å². The van der Waals surface area contributed by atoms with Crippen molar-refractivity contribution in [2.24, 2.45) is 35.5 Å². The highest BCUT2D eigenvalue weighted by Crippen LogP contribution is 2.65. The van der Waals surface area contributed by atoms with Gasteiger partial charge >= 0.3 is 5.97 Å². The van der Waals surface area contributed by atoms with E-state index in [-0.39, 0.29) is 35.5 Å².